The molecule has 6 heteroatoms. The first-order valence-corrected chi connectivity index (χ1v) is 6.75. The number of nitrogens with zero attached hydrogens (tertiary/aromatic N) is 1. The third-order valence-corrected chi connectivity index (χ3v) is 4.26. The SMILES string of the molecule is Cn1c(Cl)c(/C=C2/SC(=O)NC2=O)c2ccccc21. The van der Waals surface area contributed by atoms with Crippen molar-refractivity contribution in [2.24, 2.45) is 7.05 Å². The van der Waals surface area contributed by atoms with Gasteiger partial charge in [0.25, 0.3) is 11.1 Å². The van der Waals surface area contributed by atoms with Crippen molar-refractivity contribution in [2.45, 2.75) is 0 Å². The summed E-state index contributed by atoms with van der Waals surface area (Å²) >= 11 is 7.18. The zero-order valence-corrected chi connectivity index (χ0v) is 11.5. The van der Waals surface area contributed by atoms with E-state index in [0.29, 0.717) is 10.1 Å². The van der Waals surface area contributed by atoms with E-state index in [1.165, 1.54) is 0 Å². The first-order chi connectivity index (χ1) is 9.08. The van der Waals surface area contributed by atoms with Gasteiger partial charge in [0.15, 0.2) is 0 Å². The highest BCUT2D eigenvalue weighted by Crippen LogP contribution is 2.34. The Hall–Kier alpha value is -1.72. The Kier molecular flexibility index (Phi) is 2.88. The molecule has 0 radical (unpaired) electrons. The maximum Gasteiger partial charge on any atom is 0.290 e. The van der Waals surface area contributed by atoms with E-state index >= 15 is 0 Å². The standard InChI is InChI=1S/C13H9ClN2O2S/c1-16-9-5-3-2-4-7(9)8(11(16)14)6-10-12(17)15-13(18)19-10/h2-6H,1H3,(H,15,17,18)/b10-6+. The largest absolute Gasteiger partial charge is 0.334 e. The highest BCUT2D eigenvalue weighted by molar-refractivity contribution is 8.18. The molecule has 96 valence electrons. The number of hydrogen-bond acceptors (Lipinski definition) is 3. The monoisotopic (exact) mass is 292 g/mol. The smallest absolute Gasteiger partial charge is 0.290 e. The summed E-state index contributed by atoms with van der Waals surface area (Å²) in [5.41, 5.74) is 1.74. The van der Waals surface area contributed by atoms with Crippen LogP contribution in [0.2, 0.25) is 5.15 Å². The van der Waals surface area contributed by atoms with Gasteiger partial charge in [-0.05, 0) is 23.9 Å². The molecule has 1 aliphatic heterocycles. The van der Waals surface area contributed by atoms with Crippen molar-refractivity contribution in [2.75, 3.05) is 0 Å². The maximum absolute atomic E-state index is 11.6. The number of para-hydroxylation sites is 1. The topological polar surface area (TPSA) is 51.1 Å². The van der Waals surface area contributed by atoms with Gasteiger partial charge in [-0.1, -0.05) is 29.8 Å². The van der Waals surface area contributed by atoms with Gasteiger partial charge in [-0.15, -0.1) is 0 Å². The predicted octanol–water partition coefficient (Wildman–Crippen LogP) is 3.16. The molecule has 0 atom stereocenters. The molecule has 2 heterocycles. The van der Waals surface area contributed by atoms with Crippen molar-refractivity contribution in [3.8, 4) is 0 Å². The molecule has 1 fully saturated rings. The van der Waals surface area contributed by atoms with Gasteiger partial charge in [-0.2, -0.15) is 0 Å². The van der Waals surface area contributed by atoms with Crippen molar-refractivity contribution < 1.29 is 9.59 Å². The van der Waals surface area contributed by atoms with Crippen LogP contribution in [0.25, 0.3) is 17.0 Å². The van der Waals surface area contributed by atoms with Crippen LogP contribution in [0.15, 0.2) is 29.2 Å². The van der Waals surface area contributed by atoms with Gasteiger partial charge in [0, 0.05) is 23.5 Å². The number of nitrogens with one attached hydrogen (secondary N) is 1. The number of amides is 2. The molecule has 1 N–H and O–H groups in total. The molecule has 3 rings (SSSR count). The first-order valence-electron chi connectivity index (χ1n) is 5.55. The van der Waals surface area contributed by atoms with E-state index < -0.39 is 0 Å². The lowest BCUT2D eigenvalue weighted by molar-refractivity contribution is -0.115. The van der Waals surface area contributed by atoms with E-state index in [1.54, 1.807) is 6.08 Å². The predicted molar refractivity (Wildman–Crippen MR) is 77.0 cm³/mol. The van der Waals surface area contributed by atoms with Crippen LogP contribution in [-0.4, -0.2) is 15.7 Å². The average Bonchev–Trinajstić information content (AvgIpc) is 2.83. The highest BCUT2D eigenvalue weighted by Gasteiger charge is 2.26. The molecule has 0 aliphatic carbocycles. The summed E-state index contributed by atoms with van der Waals surface area (Å²) in [6.07, 6.45) is 1.66. The Morgan fingerprint density at radius 1 is 1.32 bits per heavy atom. The Labute approximate surface area is 118 Å². The van der Waals surface area contributed by atoms with Crippen molar-refractivity contribution in [1.82, 2.24) is 9.88 Å². The third-order valence-electron chi connectivity index (χ3n) is 2.99. The number of fused-ring (bicyclic) bond motifs is 1. The summed E-state index contributed by atoms with van der Waals surface area (Å²) in [5.74, 6) is -0.376. The number of carbonyl (C=O) groups excluding carboxylic acids is 2. The minimum absolute atomic E-state index is 0.354. The number of hydrogen-bond donors (Lipinski definition) is 1. The number of rotatable bonds is 1. The molecule has 0 spiro atoms. The second kappa shape index (κ2) is 4.43. The molecule has 1 aromatic carbocycles. The van der Waals surface area contributed by atoms with Gasteiger partial charge < -0.3 is 4.57 Å². The molecule has 0 unspecified atom stereocenters. The van der Waals surface area contributed by atoms with Gasteiger partial charge >= 0.3 is 0 Å². The Bertz CT molecular complexity index is 748. The fourth-order valence-corrected chi connectivity index (χ4v) is 2.99. The molecule has 1 aromatic heterocycles. The average molecular weight is 293 g/mol. The second-order valence-electron chi connectivity index (χ2n) is 4.13. The molecule has 4 nitrogen and oxygen atoms in total. The van der Waals surface area contributed by atoms with Gasteiger partial charge in [0.05, 0.1) is 4.91 Å². The fourth-order valence-electron chi connectivity index (χ4n) is 2.08. The molecule has 2 amide bonds. The number of aryl methyl sites for hydroxylation is 1. The summed E-state index contributed by atoms with van der Waals surface area (Å²) in [5, 5.41) is 3.37. The van der Waals surface area contributed by atoms with Crippen LogP contribution in [0.4, 0.5) is 4.79 Å². The van der Waals surface area contributed by atoms with Gasteiger partial charge in [-0.3, -0.25) is 14.9 Å². The lowest BCUT2D eigenvalue weighted by atomic mass is 10.1. The normalized spacial score (nSPS) is 17.5. The van der Waals surface area contributed by atoms with Crippen LogP contribution >= 0.6 is 23.4 Å². The number of aromatic nitrogens is 1. The van der Waals surface area contributed by atoms with Crippen molar-refractivity contribution in [3.05, 3.63) is 39.9 Å². The Morgan fingerprint density at radius 2 is 2.05 bits per heavy atom. The summed E-state index contributed by atoms with van der Waals surface area (Å²) in [6, 6.07) is 7.73. The molecule has 2 aromatic rings. The molecule has 19 heavy (non-hydrogen) atoms. The first kappa shape index (κ1) is 12.3. The van der Waals surface area contributed by atoms with Crippen LogP contribution in [0.5, 0.6) is 0 Å². The summed E-state index contributed by atoms with van der Waals surface area (Å²) < 4.78 is 1.85. The molecule has 1 saturated heterocycles. The molecule has 1 aliphatic rings. The van der Waals surface area contributed by atoms with E-state index in [0.717, 1.165) is 28.2 Å². The number of imide groups is 1. The van der Waals surface area contributed by atoms with E-state index in [1.807, 2.05) is 35.9 Å². The van der Waals surface area contributed by atoms with Gasteiger partial charge in [0.1, 0.15) is 5.15 Å². The minimum Gasteiger partial charge on any atom is -0.334 e. The molecular weight excluding hydrogens is 284 g/mol. The second-order valence-corrected chi connectivity index (χ2v) is 5.51. The van der Waals surface area contributed by atoms with Crippen LogP contribution in [0.1, 0.15) is 5.56 Å². The summed E-state index contributed by atoms with van der Waals surface area (Å²) in [4.78, 5) is 23.1. The highest BCUT2D eigenvalue weighted by atomic mass is 35.5. The van der Waals surface area contributed by atoms with Crippen molar-refractivity contribution >= 4 is 51.5 Å². The molecule has 0 saturated carbocycles. The number of halogens is 1. The summed E-state index contributed by atoms with van der Waals surface area (Å²) in [7, 11) is 1.86. The number of thioether (sulfide) groups is 1. The van der Waals surface area contributed by atoms with E-state index in [2.05, 4.69) is 5.32 Å². The minimum atomic E-state index is -0.376. The van der Waals surface area contributed by atoms with E-state index in [9.17, 15) is 9.59 Å². The van der Waals surface area contributed by atoms with Crippen molar-refractivity contribution in [3.63, 3.8) is 0 Å². The zero-order valence-electron chi connectivity index (χ0n) is 9.94. The number of carbonyl (C=O) groups is 2. The third kappa shape index (κ3) is 1.95. The lowest BCUT2D eigenvalue weighted by Gasteiger charge is -1.95. The maximum atomic E-state index is 11.6. The summed E-state index contributed by atoms with van der Waals surface area (Å²) in [6.45, 7) is 0. The van der Waals surface area contributed by atoms with Crippen LogP contribution in [-0.2, 0) is 11.8 Å². The quantitative estimate of drug-likeness (QED) is 0.822. The van der Waals surface area contributed by atoms with Crippen LogP contribution < -0.4 is 5.32 Å². The van der Waals surface area contributed by atoms with Gasteiger partial charge in [0.2, 0.25) is 0 Å². The van der Waals surface area contributed by atoms with Crippen LogP contribution in [0, 0.1) is 0 Å². The molecule has 0 bridgehead atoms. The van der Waals surface area contributed by atoms with Crippen LogP contribution in [0.3, 0.4) is 0 Å². The Balaban J connectivity index is 2.21. The lowest BCUT2D eigenvalue weighted by Crippen LogP contribution is -2.17. The van der Waals surface area contributed by atoms with E-state index in [-0.39, 0.29) is 11.1 Å². The molecular formula is C13H9ClN2O2S. The van der Waals surface area contributed by atoms with E-state index in [4.69, 9.17) is 11.6 Å². The Morgan fingerprint density at radius 3 is 2.74 bits per heavy atom. The fraction of sp³-hybridized carbons (Fsp3) is 0.0769. The van der Waals surface area contributed by atoms with Crippen molar-refractivity contribution in [1.29, 1.82) is 0 Å². The number of benzene rings is 1. The zero-order chi connectivity index (χ0) is 13.6. The van der Waals surface area contributed by atoms with Gasteiger partial charge in [-0.25, -0.2) is 0 Å².